The molecule has 0 bridgehead atoms. The standard InChI is InChI=1S/C17H26N6O/c1-5-6-7-8-11-9-12-10-19-15(18)21-14(12)20-13(11)22-16(24)23-17(2,3)4/h9-10H,5-8H2,1-4H3,(H4,18,19,20,21,22,23,24). The minimum Gasteiger partial charge on any atom is -0.368 e. The third kappa shape index (κ3) is 5.04. The van der Waals surface area contributed by atoms with Gasteiger partial charge in [-0.1, -0.05) is 19.8 Å². The minimum absolute atomic E-state index is 0.166. The van der Waals surface area contributed by atoms with Gasteiger partial charge in [0.15, 0.2) is 5.65 Å². The van der Waals surface area contributed by atoms with Gasteiger partial charge in [0.05, 0.1) is 0 Å². The maximum absolute atomic E-state index is 12.2. The van der Waals surface area contributed by atoms with Crippen LogP contribution in [0.4, 0.5) is 16.6 Å². The summed E-state index contributed by atoms with van der Waals surface area (Å²) in [6, 6.07) is 1.69. The maximum atomic E-state index is 12.2. The SMILES string of the molecule is CCCCCc1cc2cnc(N)nc2nc1NC(=O)NC(C)(C)C. The number of nitrogens with two attached hydrogens (primary N) is 1. The number of carbonyl (C=O) groups is 1. The van der Waals surface area contributed by atoms with Gasteiger partial charge in [0.25, 0.3) is 0 Å². The third-order valence-electron chi connectivity index (χ3n) is 3.44. The Morgan fingerprint density at radius 1 is 1.25 bits per heavy atom. The molecule has 0 aromatic carbocycles. The van der Waals surface area contributed by atoms with Crippen molar-refractivity contribution >= 4 is 28.8 Å². The Bertz CT molecular complexity index is 723. The van der Waals surface area contributed by atoms with Gasteiger partial charge in [-0.15, -0.1) is 0 Å². The van der Waals surface area contributed by atoms with Crippen LogP contribution in [0.1, 0.15) is 52.5 Å². The first kappa shape index (κ1) is 17.9. The molecule has 0 radical (unpaired) electrons. The second-order valence-electron chi connectivity index (χ2n) is 6.92. The van der Waals surface area contributed by atoms with Crippen molar-refractivity contribution in [3.63, 3.8) is 0 Å². The first-order valence-electron chi connectivity index (χ1n) is 8.30. The molecular formula is C17H26N6O. The molecule has 2 amide bonds. The van der Waals surface area contributed by atoms with Gasteiger partial charge in [0.2, 0.25) is 5.95 Å². The lowest BCUT2D eigenvalue weighted by Gasteiger charge is -2.21. The summed E-state index contributed by atoms with van der Waals surface area (Å²) in [6.45, 7) is 7.94. The highest BCUT2D eigenvalue weighted by Gasteiger charge is 2.16. The second-order valence-corrected chi connectivity index (χ2v) is 6.92. The molecule has 0 saturated carbocycles. The summed E-state index contributed by atoms with van der Waals surface area (Å²) in [5.41, 5.74) is 6.77. The van der Waals surface area contributed by atoms with Crippen molar-refractivity contribution < 1.29 is 4.79 Å². The Labute approximate surface area is 142 Å². The van der Waals surface area contributed by atoms with Crippen LogP contribution < -0.4 is 16.4 Å². The van der Waals surface area contributed by atoms with Crippen LogP contribution in [0, 0.1) is 0 Å². The number of hydrogen-bond donors (Lipinski definition) is 3. The van der Waals surface area contributed by atoms with Crippen LogP contribution in [-0.4, -0.2) is 26.5 Å². The molecule has 2 aromatic heterocycles. The first-order valence-corrected chi connectivity index (χ1v) is 8.30. The molecule has 24 heavy (non-hydrogen) atoms. The van der Waals surface area contributed by atoms with Crippen LogP contribution in [0.2, 0.25) is 0 Å². The van der Waals surface area contributed by atoms with Gasteiger partial charge in [-0.3, -0.25) is 5.32 Å². The number of hydrogen-bond acceptors (Lipinski definition) is 5. The van der Waals surface area contributed by atoms with Crippen LogP contribution in [0.15, 0.2) is 12.3 Å². The number of fused-ring (bicyclic) bond motifs is 1. The molecule has 0 aliphatic heterocycles. The van der Waals surface area contributed by atoms with Gasteiger partial charge in [-0.05, 0) is 45.2 Å². The zero-order chi connectivity index (χ0) is 17.7. The second kappa shape index (κ2) is 7.42. The van der Waals surface area contributed by atoms with Crippen LogP contribution in [0.3, 0.4) is 0 Å². The zero-order valence-electron chi connectivity index (χ0n) is 14.8. The molecule has 2 aromatic rings. The van der Waals surface area contributed by atoms with E-state index in [-0.39, 0.29) is 17.5 Å². The topological polar surface area (TPSA) is 106 Å². The fourth-order valence-electron chi connectivity index (χ4n) is 2.36. The van der Waals surface area contributed by atoms with Crippen molar-refractivity contribution in [2.75, 3.05) is 11.1 Å². The van der Waals surface area contributed by atoms with Crippen molar-refractivity contribution in [3.8, 4) is 0 Å². The summed E-state index contributed by atoms with van der Waals surface area (Å²) in [6.07, 6.45) is 5.80. The largest absolute Gasteiger partial charge is 0.368 e. The Morgan fingerprint density at radius 3 is 2.67 bits per heavy atom. The number of nitrogen functional groups attached to an aromatic ring is 1. The van der Waals surface area contributed by atoms with Gasteiger partial charge >= 0.3 is 6.03 Å². The zero-order valence-corrected chi connectivity index (χ0v) is 14.8. The monoisotopic (exact) mass is 330 g/mol. The summed E-state index contributed by atoms with van der Waals surface area (Å²) < 4.78 is 0. The molecule has 2 rings (SSSR count). The molecule has 130 valence electrons. The Kier molecular flexibility index (Phi) is 5.54. The summed E-state index contributed by atoms with van der Waals surface area (Å²) in [7, 11) is 0. The van der Waals surface area contributed by atoms with Crippen LogP contribution >= 0.6 is 0 Å². The van der Waals surface area contributed by atoms with E-state index in [4.69, 9.17) is 5.73 Å². The molecule has 0 aliphatic carbocycles. The van der Waals surface area contributed by atoms with E-state index in [0.717, 1.165) is 36.6 Å². The van der Waals surface area contributed by atoms with E-state index in [1.165, 1.54) is 0 Å². The Morgan fingerprint density at radius 2 is 2.00 bits per heavy atom. The quantitative estimate of drug-likeness (QED) is 0.730. The van der Waals surface area contributed by atoms with Crippen molar-refractivity contribution in [1.82, 2.24) is 20.3 Å². The third-order valence-corrected chi connectivity index (χ3v) is 3.44. The van der Waals surface area contributed by atoms with E-state index in [1.54, 1.807) is 6.20 Å². The molecule has 0 saturated heterocycles. The maximum Gasteiger partial charge on any atom is 0.320 e. The predicted octanol–water partition coefficient (Wildman–Crippen LogP) is 3.26. The number of rotatable bonds is 5. The molecule has 0 fully saturated rings. The minimum atomic E-state index is -0.324. The van der Waals surface area contributed by atoms with Crippen molar-refractivity contribution in [2.24, 2.45) is 0 Å². The number of nitrogens with zero attached hydrogens (tertiary/aromatic N) is 3. The van der Waals surface area contributed by atoms with E-state index in [0.29, 0.717) is 11.5 Å². The Hall–Kier alpha value is -2.44. The van der Waals surface area contributed by atoms with Gasteiger partial charge in [-0.25, -0.2) is 14.8 Å². The lowest BCUT2D eigenvalue weighted by molar-refractivity contribution is 0.243. The van der Waals surface area contributed by atoms with Gasteiger partial charge in [-0.2, -0.15) is 4.98 Å². The van der Waals surface area contributed by atoms with Gasteiger partial charge in [0.1, 0.15) is 5.82 Å². The Balaban J connectivity index is 2.32. The lowest BCUT2D eigenvalue weighted by atomic mass is 10.1. The lowest BCUT2D eigenvalue weighted by Crippen LogP contribution is -2.43. The number of carbonyl (C=O) groups excluding carboxylic acids is 1. The van der Waals surface area contributed by atoms with Crippen LogP contribution in [-0.2, 0) is 6.42 Å². The number of aromatic nitrogens is 3. The summed E-state index contributed by atoms with van der Waals surface area (Å²) in [4.78, 5) is 24.8. The molecule has 7 heteroatoms. The summed E-state index contributed by atoms with van der Waals surface area (Å²) in [5, 5.41) is 6.53. The highest BCUT2D eigenvalue weighted by atomic mass is 16.2. The van der Waals surface area contributed by atoms with Crippen molar-refractivity contribution in [1.29, 1.82) is 0 Å². The van der Waals surface area contributed by atoms with Gasteiger partial charge < -0.3 is 11.1 Å². The number of nitrogens with one attached hydrogen (secondary N) is 2. The molecule has 4 N–H and O–H groups in total. The average Bonchev–Trinajstić information content (AvgIpc) is 2.46. The van der Waals surface area contributed by atoms with Crippen molar-refractivity contribution in [2.45, 2.75) is 58.9 Å². The van der Waals surface area contributed by atoms with E-state index in [9.17, 15) is 4.79 Å². The van der Waals surface area contributed by atoms with Gasteiger partial charge in [0, 0.05) is 17.1 Å². The van der Waals surface area contributed by atoms with E-state index >= 15 is 0 Å². The smallest absolute Gasteiger partial charge is 0.320 e. The first-order chi connectivity index (χ1) is 11.3. The molecule has 0 atom stereocenters. The molecular weight excluding hydrogens is 304 g/mol. The highest BCUT2D eigenvalue weighted by Crippen LogP contribution is 2.21. The fraction of sp³-hybridized carbons (Fsp3) is 0.529. The predicted molar refractivity (Wildman–Crippen MR) is 96.9 cm³/mol. The number of pyridine rings is 1. The normalized spacial score (nSPS) is 11.5. The van der Waals surface area contributed by atoms with E-state index in [1.807, 2.05) is 26.8 Å². The highest BCUT2D eigenvalue weighted by molar-refractivity contribution is 5.91. The molecule has 2 heterocycles. The summed E-state index contributed by atoms with van der Waals surface area (Å²) >= 11 is 0. The molecule has 0 spiro atoms. The average molecular weight is 330 g/mol. The fourth-order valence-corrected chi connectivity index (χ4v) is 2.36. The van der Waals surface area contributed by atoms with E-state index < -0.39 is 0 Å². The molecule has 0 aliphatic rings. The molecule has 0 unspecified atom stereocenters. The van der Waals surface area contributed by atoms with Crippen molar-refractivity contribution in [3.05, 3.63) is 17.8 Å². The number of urea groups is 1. The molecule has 7 nitrogen and oxygen atoms in total. The number of amides is 2. The van der Waals surface area contributed by atoms with Crippen LogP contribution in [0.25, 0.3) is 11.0 Å². The summed E-state index contributed by atoms with van der Waals surface area (Å²) in [5.74, 6) is 0.692. The van der Waals surface area contributed by atoms with Crippen LogP contribution in [0.5, 0.6) is 0 Å². The number of unbranched alkanes of at least 4 members (excludes halogenated alkanes) is 2. The van der Waals surface area contributed by atoms with E-state index in [2.05, 4.69) is 32.5 Å². The number of anilines is 2. The number of aryl methyl sites for hydroxylation is 1.